The van der Waals surface area contributed by atoms with Gasteiger partial charge in [0.25, 0.3) is 0 Å². The summed E-state index contributed by atoms with van der Waals surface area (Å²) in [6.45, 7) is 6.01. The third-order valence-corrected chi connectivity index (χ3v) is 6.51. The number of nitrogens with two attached hydrogens (primary N) is 1. The quantitative estimate of drug-likeness (QED) is 0.519. The van der Waals surface area contributed by atoms with Crippen LogP contribution >= 0.6 is 0 Å². The lowest BCUT2D eigenvalue weighted by Gasteiger charge is -2.38. The van der Waals surface area contributed by atoms with Crippen LogP contribution < -0.4 is 15.8 Å². The van der Waals surface area contributed by atoms with Crippen LogP contribution in [0.5, 0.6) is 5.75 Å². The second-order valence-corrected chi connectivity index (χ2v) is 8.78. The van der Waals surface area contributed by atoms with Gasteiger partial charge in [-0.25, -0.2) is 9.78 Å². The zero-order valence-electron chi connectivity index (χ0n) is 19.8. The zero-order chi connectivity index (χ0) is 24.7. The molecule has 3 aromatic rings. The summed E-state index contributed by atoms with van der Waals surface area (Å²) in [4.78, 5) is 20.0. The molecule has 3 N–H and O–H groups in total. The van der Waals surface area contributed by atoms with Crippen LogP contribution in [0.2, 0.25) is 0 Å². The fourth-order valence-corrected chi connectivity index (χ4v) is 4.77. The van der Waals surface area contributed by atoms with E-state index in [4.69, 9.17) is 15.2 Å². The van der Waals surface area contributed by atoms with Gasteiger partial charge in [-0.2, -0.15) is 15.5 Å². The number of piperazine rings is 1. The first-order valence-corrected chi connectivity index (χ1v) is 11.3. The number of hydrogen-bond donors (Lipinski definition) is 2. The van der Waals surface area contributed by atoms with E-state index >= 15 is 0 Å². The number of benzene rings is 1. The molecular weight excluding hydrogens is 448 g/mol. The van der Waals surface area contributed by atoms with Gasteiger partial charge < -0.3 is 15.2 Å². The van der Waals surface area contributed by atoms with Crippen LogP contribution in [0.3, 0.4) is 0 Å². The second kappa shape index (κ2) is 9.07. The van der Waals surface area contributed by atoms with E-state index < -0.39 is 0 Å². The summed E-state index contributed by atoms with van der Waals surface area (Å²) in [6, 6.07) is 7.58. The first kappa shape index (κ1) is 22.9. The summed E-state index contributed by atoms with van der Waals surface area (Å²) in [6.07, 6.45) is 1.48. The van der Waals surface area contributed by atoms with Crippen molar-refractivity contribution in [3.05, 3.63) is 63.6 Å². The topological polar surface area (TPSA) is 144 Å². The molecule has 2 aliphatic heterocycles. The second-order valence-electron chi connectivity index (χ2n) is 8.78. The predicted octanol–water partition coefficient (Wildman–Crippen LogP) is 1.26. The molecule has 35 heavy (non-hydrogen) atoms. The molecule has 0 amide bonds. The van der Waals surface area contributed by atoms with Gasteiger partial charge in [-0.3, -0.25) is 10.2 Å². The summed E-state index contributed by atoms with van der Waals surface area (Å²) in [5.41, 5.74) is 11.8. The molecule has 0 aliphatic carbocycles. The third-order valence-electron chi connectivity index (χ3n) is 6.51. The molecule has 11 heteroatoms. The Labute approximate surface area is 202 Å². The number of cyclic esters (lactones) is 1. The lowest BCUT2D eigenvalue weighted by Crippen LogP contribution is -2.56. The van der Waals surface area contributed by atoms with Crippen molar-refractivity contribution in [2.75, 3.05) is 20.2 Å². The number of carbonyl (C=O) groups excluding carboxylic acids is 1. The molecule has 0 radical (unpaired) electrons. The number of ether oxygens (including phenoxy) is 2. The molecule has 4 heterocycles. The Kier molecular flexibility index (Phi) is 5.94. The van der Waals surface area contributed by atoms with Crippen molar-refractivity contribution in [2.45, 2.75) is 39.2 Å². The number of nitrogens with zero attached hydrogens (tertiary/aromatic N) is 6. The lowest BCUT2D eigenvalue weighted by molar-refractivity contribution is 0.0535. The molecule has 5 rings (SSSR count). The number of pyridine rings is 1. The van der Waals surface area contributed by atoms with Gasteiger partial charge >= 0.3 is 5.97 Å². The van der Waals surface area contributed by atoms with Gasteiger partial charge in [0, 0.05) is 37.3 Å². The number of esters is 1. The highest BCUT2D eigenvalue weighted by Crippen LogP contribution is 2.31. The Morgan fingerprint density at radius 3 is 2.94 bits per heavy atom. The van der Waals surface area contributed by atoms with Crippen LogP contribution in [-0.4, -0.2) is 57.2 Å². The number of rotatable bonds is 5. The molecule has 0 spiro atoms. The van der Waals surface area contributed by atoms with Gasteiger partial charge in [0.1, 0.15) is 24.0 Å². The molecule has 2 aromatic heterocycles. The van der Waals surface area contributed by atoms with Crippen LogP contribution in [-0.2, 0) is 17.9 Å². The number of nitriles is 1. The summed E-state index contributed by atoms with van der Waals surface area (Å²) in [7, 11) is 1.51. The van der Waals surface area contributed by atoms with E-state index in [0.29, 0.717) is 48.1 Å². The van der Waals surface area contributed by atoms with E-state index in [1.54, 1.807) is 19.2 Å². The SMILES string of the molecule is COc1cc(-n2ncc(CN3C[C@@H](c4ccc5c(c4C)COC5=O)N[C@@H](N)C3)n2)nc(C)c1C#N. The number of hydrogen-bond acceptors (Lipinski definition) is 10. The van der Waals surface area contributed by atoms with Crippen LogP contribution in [0.1, 0.15) is 50.0 Å². The molecule has 180 valence electrons. The number of aryl methyl sites for hydroxylation is 1. The van der Waals surface area contributed by atoms with Crippen molar-refractivity contribution < 1.29 is 14.3 Å². The van der Waals surface area contributed by atoms with Gasteiger partial charge in [0.15, 0.2) is 5.82 Å². The van der Waals surface area contributed by atoms with Crippen molar-refractivity contribution >= 4 is 5.97 Å². The third kappa shape index (κ3) is 4.23. The van der Waals surface area contributed by atoms with E-state index in [0.717, 1.165) is 28.9 Å². The largest absolute Gasteiger partial charge is 0.495 e. The summed E-state index contributed by atoms with van der Waals surface area (Å²) >= 11 is 0. The Hall–Kier alpha value is -3.85. The normalized spacial score (nSPS) is 19.8. The van der Waals surface area contributed by atoms with E-state index in [1.165, 1.54) is 11.9 Å². The Bertz CT molecular complexity index is 1350. The van der Waals surface area contributed by atoms with Crippen molar-refractivity contribution in [3.8, 4) is 17.6 Å². The Balaban J connectivity index is 1.34. The highest BCUT2D eigenvalue weighted by atomic mass is 16.5. The number of aromatic nitrogens is 4. The smallest absolute Gasteiger partial charge is 0.338 e. The Morgan fingerprint density at radius 1 is 1.34 bits per heavy atom. The van der Waals surface area contributed by atoms with Crippen molar-refractivity contribution in [1.29, 1.82) is 5.26 Å². The highest BCUT2D eigenvalue weighted by molar-refractivity contribution is 5.94. The average Bonchev–Trinajstić information content (AvgIpc) is 3.45. The number of carbonyl (C=O) groups is 1. The van der Waals surface area contributed by atoms with Crippen LogP contribution in [0.15, 0.2) is 24.4 Å². The average molecular weight is 475 g/mol. The molecule has 0 bridgehead atoms. The monoisotopic (exact) mass is 474 g/mol. The molecule has 1 fully saturated rings. The maximum absolute atomic E-state index is 11.9. The number of methoxy groups -OCH3 is 1. The standard InChI is InChI=1S/C24H26N8O3/c1-13-16(4-5-17-19(13)12-35-24(17)33)20-10-31(11-22(26)29-20)9-15-8-27-32(30-15)23-6-21(34-3)18(7-25)14(2)28-23/h4-6,8,20,22,29H,9-12,26H2,1-3H3/t20-,22+/m0/s1. The Morgan fingerprint density at radius 2 is 2.17 bits per heavy atom. The lowest BCUT2D eigenvalue weighted by atomic mass is 9.93. The highest BCUT2D eigenvalue weighted by Gasteiger charge is 2.30. The molecule has 11 nitrogen and oxygen atoms in total. The van der Waals surface area contributed by atoms with Gasteiger partial charge in [0.05, 0.1) is 36.4 Å². The molecule has 2 aliphatic rings. The molecule has 2 atom stereocenters. The van der Waals surface area contributed by atoms with Gasteiger partial charge in [-0.1, -0.05) is 6.07 Å². The number of fused-ring (bicyclic) bond motifs is 1. The van der Waals surface area contributed by atoms with E-state index in [2.05, 4.69) is 31.5 Å². The maximum Gasteiger partial charge on any atom is 0.338 e. The van der Waals surface area contributed by atoms with Crippen molar-refractivity contribution in [1.82, 2.24) is 30.2 Å². The number of nitrogens with one attached hydrogen (secondary N) is 1. The van der Waals surface area contributed by atoms with Crippen molar-refractivity contribution in [3.63, 3.8) is 0 Å². The molecule has 1 aromatic carbocycles. The maximum atomic E-state index is 11.9. The first-order chi connectivity index (χ1) is 16.9. The molecular formula is C24H26N8O3. The first-order valence-electron chi connectivity index (χ1n) is 11.3. The van der Waals surface area contributed by atoms with Crippen LogP contribution in [0, 0.1) is 25.2 Å². The molecule has 0 unspecified atom stereocenters. The minimum Gasteiger partial charge on any atom is -0.495 e. The van der Waals surface area contributed by atoms with Gasteiger partial charge in [-0.15, -0.1) is 4.80 Å². The molecule has 0 saturated carbocycles. The van der Waals surface area contributed by atoms with Gasteiger partial charge in [-0.05, 0) is 31.0 Å². The summed E-state index contributed by atoms with van der Waals surface area (Å²) in [5, 5.41) is 21.8. The predicted molar refractivity (Wildman–Crippen MR) is 125 cm³/mol. The van der Waals surface area contributed by atoms with Crippen molar-refractivity contribution in [2.24, 2.45) is 5.73 Å². The van der Waals surface area contributed by atoms with E-state index in [-0.39, 0.29) is 18.2 Å². The van der Waals surface area contributed by atoms with E-state index in [1.807, 2.05) is 19.1 Å². The zero-order valence-corrected chi connectivity index (χ0v) is 19.8. The fourth-order valence-electron chi connectivity index (χ4n) is 4.77. The fraction of sp³-hybridized carbons (Fsp3) is 0.375. The van der Waals surface area contributed by atoms with Crippen LogP contribution in [0.25, 0.3) is 5.82 Å². The molecule has 1 saturated heterocycles. The van der Waals surface area contributed by atoms with Gasteiger partial charge in [0.2, 0.25) is 0 Å². The van der Waals surface area contributed by atoms with E-state index in [9.17, 15) is 10.1 Å². The van der Waals surface area contributed by atoms with Crippen LogP contribution in [0.4, 0.5) is 0 Å². The summed E-state index contributed by atoms with van der Waals surface area (Å²) < 4.78 is 10.5. The minimum absolute atomic E-state index is 0.00176. The minimum atomic E-state index is -0.266. The summed E-state index contributed by atoms with van der Waals surface area (Å²) in [5.74, 6) is 0.642.